The van der Waals surface area contributed by atoms with Gasteiger partial charge in [0.15, 0.2) is 0 Å². The van der Waals surface area contributed by atoms with E-state index in [-0.39, 0.29) is 23.8 Å². The number of hydrogen-bond donors (Lipinski definition) is 2. The van der Waals surface area contributed by atoms with Crippen molar-refractivity contribution in [2.75, 3.05) is 14.2 Å². The van der Waals surface area contributed by atoms with Crippen LogP contribution in [0, 0.1) is 5.92 Å². The van der Waals surface area contributed by atoms with Gasteiger partial charge in [-0.05, 0) is 48.4 Å². The van der Waals surface area contributed by atoms with Crippen molar-refractivity contribution in [2.45, 2.75) is 45.2 Å². The number of amides is 2. The third-order valence-electron chi connectivity index (χ3n) is 5.57. The van der Waals surface area contributed by atoms with E-state index in [9.17, 15) is 9.59 Å². The number of rotatable bonds is 7. The number of fused-ring (bicyclic) bond motifs is 1. The number of methoxy groups -OCH3 is 2. The minimum absolute atomic E-state index is 0.0314. The lowest BCUT2D eigenvalue weighted by molar-refractivity contribution is -0.124. The SMILES string of the molecule is COc1ccc(C(=O)N[C@H](C(=O)N[C@H]2CCCc3ccccc32)C(C)C)c(OC)c1. The van der Waals surface area contributed by atoms with E-state index in [1.165, 1.54) is 18.2 Å². The van der Waals surface area contributed by atoms with Crippen LogP contribution in [0.25, 0.3) is 0 Å². The summed E-state index contributed by atoms with van der Waals surface area (Å²) in [6.07, 6.45) is 2.96. The summed E-state index contributed by atoms with van der Waals surface area (Å²) >= 11 is 0. The molecule has 0 radical (unpaired) electrons. The first-order valence-corrected chi connectivity index (χ1v) is 10.4. The van der Waals surface area contributed by atoms with Gasteiger partial charge < -0.3 is 20.1 Å². The number of nitrogens with one attached hydrogen (secondary N) is 2. The van der Waals surface area contributed by atoms with Crippen LogP contribution in [0.5, 0.6) is 11.5 Å². The Hall–Kier alpha value is -3.02. The molecule has 6 heteroatoms. The van der Waals surface area contributed by atoms with Gasteiger partial charge in [0.1, 0.15) is 17.5 Å². The molecule has 0 aromatic heterocycles. The third-order valence-corrected chi connectivity index (χ3v) is 5.57. The van der Waals surface area contributed by atoms with Crippen LogP contribution in [0.3, 0.4) is 0 Å². The van der Waals surface area contributed by atoms with Crippen molar-refractivity contribution in [3.05, 3.63) is 59.2 Å². The minimum atomic E-state index is -0.654. The number of ether oxygens (including phenoxy) is 2. The number of carbonyl (C=O) groups is 2. The zero-order valence-electron chi connectivity index (χ0n) is 18.0. The van der Waals surface area contributed by atoms with E-state index in [0.717, 1.165) is 19.3 Å². The van der Waals surface area contributed by atoms with Crippen molar-refractivity contribution in [1.82, 2.24) is 10.6 Å². The second-order valence-electron chi connectivity index (χ2n) is 7.91. The number of carbonyl (C=O) groups excluding carboxylic acids is 2. The molecule has 0 saturated heterocycles. The Morgan fingerprint density at radius 3 is 2.53 bits per heavy atom. The normalized spacial score (nSPS) is 16.4. The third kappa shape index (κ3) is 4.75. The molecule has 3 rings (SSSR count). The summed E-state index contributed by atoms with van der Waals surface area (Å²) in [5.74, 6) is 0.394. The minimum Gasteiger partial charge on any atom is -0.497 e. The highest BCUT2D eigenvalue weighted by molar-refractivity contribution is 6.00. The first kappa shape index (κ1) is 21.7. The van der Waals surface area contributed by atoms with Crippen LogP contribution in [0.4, 0.5) is 0 Å². The van der Waals surface area contributed by atoms with E-state index in [1.807, 2.05) is 26.0 Å². The molecule has 0 heterocycles. The molecule has 2 aromatic rings. The van der Waals surface area contributed by atoms with Crippen molar-refractivity contribution in [2.24, 2.45) is 5.92 Å². The summed E-state index contributed by atoms with van der Waals surface area (Å²) in [6, 6.07) is 12.5. The molecule has 2 amide bonds. The van der Waals surface area contributed by atoms with Gasteiger partial charge in [0.2, 0.25) is 5.91 Å². The summed E-state index contributed by atoms with van der Waals surface area (Å²) in [4.78, 5) is 26.0. The molecule has 1 aliphatic carbocycles. The predicted octanol–water partition coefficient (Wildman–Crippen LogP) is 3.65. The maximum Gasteiger partial charge on any atom is 0.255 e. The van der Waals surface area contributed by atoms with Crippen molar-refractivity contribution in [3.8, 4) is 11.5 Å². The molecule has 160 valence electrons. The molecule has 1 aliphatic rings. The average Bonchev–Trinajstić information content (AvgIpc) is 2.76. The van der Waals surface area contributed by atoms with Gasteiger partial charge in [0.25, 0.3) is 5.91 Å². The van der Waals surface area contributed by atoms with Gasteiger partial charge in [-0.2, -0.15) is 0 Å². The molecule has 2 atom stereocenters. The Kier molecular flexibility index (Phi) is 6.98. The van der Waals surface area contributed by atoms with Gasteiger partial charge >= 0.3 is 0 Å². The lowest BCUT2D eigenvalue weighted by atomic mass is 9.87. The van der Waals surface area contributed by atoms with E-state index in [2.05, 4.69) is 22.8 Å². The van der Waals surface area contributed by atoms with Gasteiger partial charge in [-0.15, -0.1) is 0 Å². The Balaban J connectivity index is 1.75. The number of hydrogen-bond acceptors (Lipinski definition) is 4. The molecule has 0 aliphatic heterocycles. The Bertz CT molecular complexity index is 910. The predicted molar refractivity (Wildman–Crippen MR) is 116 cm³/mol. The largest absolute Gasteiger partial charge is 0.497 e. The Morgan fingerprint density at radius 1 is 1.07 bits per heavy atom. The fourth-order valence-electron chi connectivity index (χ4n) is 3.91. The van der Waals surface area contributed by atoms with Gasteiger partial charge in [-0.25, -0.2) is 0 Å². The highest BCUT2D eigenvalue weighted by Crippen LogP contribution is 2.30. The second kappa shape index (κ2) is 9.65. The molecular weight excluding hydrogens is 380 g/mol. The van der Waals surface area contributed by atoms with E-state index in [1.54, 1.807) is 25.3 Å². The van der Waals surface area contributed by atoms with Crippen LogP contribution in [-0.4, -0.2) is 32.1 Å². The number of aryl methyl sites for hydroxylation is 1. The second-order valence-corrected chi connectivity index (χ2v) is 7.91. The van der Waals surface area contributed by atoms with E-state index < -0.39 is 6.04 Å². The van der Waals surface area contributed by atoms with Gasteiger partial charge in [0.05, 0.1) is 25.8 Å². The molecule has 30 heavy (non-hydrogen) atoms. The topological polar surface area (TPSA) is 76.7 Å². The van der Waals surface area contributed by atoms with Crippen molar-refractivity contribution in [1.29, 1.82) is 0 Å². The van der Waals surface area contributed by atoms with E-state index >= 15 is 0 Å². The summed E-state index contributed by atoms with van der Waals surface area (Å²) in [6.45, 7) is 3.84. The van der Waals surface area contributed by atoms with Crippen molar-refractivity contribution in [3.63, 3.8) is 0 Å². The van der Waals surface area contributed by atoms with Gasteiger partial charge in [-0.1, -0.05) is 38.1 Å². The molecule has 2 N–H and O–H groups in total. The average molecular weight is 411 g/mol. The monoisotopic (exact) mass is 410 g/mol. The molecule has 0 bridgehead atoms. The maximum atomic E-state index is 13.1. The fourth-order valence-corrected chi connectivity index (χ4v) is 3.91. The van der Waals surface area contributed by atoms with Crippen LogP contribution in [-0.2, 0) is 11.2 Å². The maximum absolute atomic E-state index is 13.1. The molecular formula is C24H30N2O4. The molecule has 0 unspecified atom stereocenters. The highest BCUT2D eigenvalue weighted by atomic mass is 16.5. The quantitative estimate of drug-likeness (QED) is 0.731. The molecule has 0 saturated carbocycles. The van der Waals surface area contributed by atoms with Crippen molar-refractivity contribution < 1.29 is 19.1 Å². The fraction of sp³-hybridized carbons (Fsp3) is 0.417. The van der Waals surface area contributed by atoms with Crippen LogP contribution in [0.15, 0.2) is 42.5 Å². The standard InChI is InChI=1S/C24H30N2O4/c1-15(2)22(26-23(27)19-13-12-17(29-3)14-21(19)30-4)24(28)25-20-11-7-9-16-8-5-6-10-18(16)20/h5-6,8,10,12-15,20,22H,7,9,11H2,1-4H3,(H,25,28)(H,26,27)/t20-,22-/m0/s1. The molecule has 2 aromatic carbocycles. The van der Waals surface area contributed by atoms with Crippen LogP contribution in [0.1, 0.15) is 54.2 Å². The summed E-state index contributed by atoms with van der Waals surface area (Å²) in [7, 11) is 3.05. The summed E-state index contributed by atoms with van der Waals surface area (Å²) in [5, 5.41) is 6.04. The molecule has 6 nitrogen and oxygen atoms in total. The van der Waals surface area contributed by atoms with Crippen LogP contribution >= 0.6 is 0 Å². The van der Waals surface area contributed by atoms with Gasteiger partial charge in [0, 0.05) is 6.07 Å². The first-order valence-electron chi connectivity index (χ1n) is 10.4. The number of benzene rings is 2. The summed E-state index contributed by atoms with van der Waals surface area (Å²) in [5.41, 5.74) is 2.81. The first-order chi connectivity index (χ1) is 14.4. The van der Waals surface area contributed by atoms with Crippen LogP contribution < -0.4 is 20.1 Å². The lowest BCUT2D eigenvalue weighted by Crippen LogP contribution is -2.50. The molecule has 0 fully saturated rings. The Labute approximate surface area is 178 Å². The van der Waals surface area contributed by atoms with Crippen LogP contribution in [0.2, 0.25) is 0 Å². The zero-order chi connectivity index (χ0) is 21.7. The van der Waals surface area contributed by atoms with E-state index in [4.69, 9.17) is 9.47 Å². The zero-order valence-corrected chi connectivity index (χ0v) is 18.0. The Morgan fingerprint density at radius 2 is 1.83 bits per heavy atom. The smallest absolute Gasteiger partial charge is 0.255 e. The van der Waals surface area contributed by atoms with E-state index in [0.29, 0.717) is 17.1 Å². The lowest BCUT2D eigenvalue weighted by Gasteiger charge is -2.29. The molecule has 0 spiro atoms. The highest BCUT2D eigenvalue weighted by Gasteiger charge is 2.29. The summed E-state index contributed by atoms with van der Waals surface area (Å²) < 4.78 is 10.5. The van der Waals surface area contributed by atoms with Gasteiger partial charge in [-0.3, -0.25) is 9.59 Å². The van der Waals surface area contributed by atoms with Crippen molar-refractivity contribution >= 4 is 11.8 Å².